The van der Waals surface area contributed by atoms with Crippen molar-refractivity contribution < 1.29 is 27.4 Å². The molecular weight excluding hydrogens is 275 g/mol. The minimum absolute atomic E-state index is 0.167. The van der Waals surface area contributed by atoms with E-state index >= 15 is 0 Å². The molecule has 1 aromatic rings. The zero-order valence-corrected chi connectivity index (χ0v) is 10.6. The molecule has 0 N–H and O–H groups in total. The van der Waals surface area contributed by atoms with Gasteiger partial charge in [0.25, 0.3) is 0 Å². The monoisotopic (exact) mass is 287 g/mol. The van der Waals surface area contributed by atoms with Crippen molar-refractivity contribution in [2.45, 2.75) is 25.2 Å². The average molecular weight is 287 g/mol. The predicted molar refractivity (Wildman–Crippen MR) is 64.2 cm³/mol. The second-order valence-electron chi connectivity index (χ2n) is 4.13. The fourth-order valence-electron chi connectivity index (χ4n) is 1.88. The molecule has 0 unspecified atom stereocenters. The van der Waals surface area contributed by atoms with E-state index in [4.69, 9.17) is 9.47 Å². The van der Waals surface area contributed by atoms with Gasteiger partial charge in [-0.25, -0.2) is 9.79 Å². The second-order valence-corrected chi connectivity index (χ2v) is 4.13. The van der Waals surface area contributed by atoms with E-state index in [2.05, 4.69) is 4.99 Å². The maximum absolute atomic E-state index is 12.7. The van der Waals surface area contributed by atoms with Crippen LogP contribution in [0.15, 0.2) is 29.3 Å². The van der Waals surface area contributed by atoms with Gasteiger partial charge in [-0.1, -0.05) is 12.1 Å². The number of esters is 1. The van der Waals surface area contributed by atoms with Crippen LogP contribution < -0.4 is 0 Å². The van der Waals surface area contributed by atoms with Crippen LogP contribution in [-0.4, -0.2) is 25.0 Å². The van der Waals surface area contributed by atoms with Crippen LogP contribution in [0.25, 0.3) is 0 Å². The summed E-state index contributed by atoms with van der Waals surface area (Å²) < 4.78 is 47.9. The standard InChI is InChI=1S/C13H12F3NO3/c1-2-19-12(18)10-11(20-7-17-10)8-4-3-5-9(6-8)13(14,15)16/h3-7,10-11H,2H2,1H3/t10-,11-/m0/s1. The van der Waals surface area contributed by atoms with Crippen molar-refractivity contribution in [3.8, 4) is 0 Å². The van der Waals surface area contributed by atoms with Crippen molar-refractivity contribution in [1.29, 1.82) is 0 Å². The summed E-state index contributed by atoms with van der Waals surface area (Å²) in [7, 11) is 0. The van der Waals surface area contributed by atoms with E-state index < -0.39 is 29.9 Å². The van der Waals surface area contributed by atoms with Crippen molar-refractivity contribution >= 4 is 12.4 Å². The Bertz CT molecular complexity index is 528. The molecule has 0 bridgehead atoms. The number of hydrogen-bond donors (Lipinski definition) is 0. The highest BCUT2D eigenvalue weighted by Gasteiger charge is 2.37. The molecule has 0 amide bonds. The van der Waals surface area contributed by atoms with E-state index in [1.54, 1.807) is 6.92 Å². The van der Waals surface area contributed by atoms with Gasteiger partial charge >= 0.3 is 12.1 Å². The van der Waals surface area contributed by atoms with Gasteiger partial charge in [0.2, 0.25) is 0 Å². The Kier molecular flexibility index (Phi) is 3.96. The SMILES string of the molecule is CCOC(=O)[C@H]1N=CO[C@H]1c1cccc(C(F)(F)F)c1. The molecule has 0 fully saturated rings. The van der Waals surface area contributed by atoms with Crippen LogP contribution in [0.1, 0.15) is 24.2 Å². The van der Waals surface area contributed by atoms with Gasteiger partial charge in [0.15, 0.2) is 18.5 Å². The molecule has 0 saturated carbocycles. The summed E-state index contributed by atoms with van der Waals surface area (Å²) in [5, 5.41) is 0. The Balaban J connectivity index is 2.25. The Morgan fingerprint density at radius 1 is 1.45 bits per heavy atom. The lowest BCUT2D eigenvalue weighted by Crippen LogP contribution is -2.26. The normalized spacial score (nSPS) is 21.6. The molecule has 0 saturated heterocycles. The van der Waals surface area contributed by atoms with Crippen molar-refractivity contribution in [1.82, 2.24) is 0 Å². The molecule has 4 nitrogen and oxygen atoms in total. The first-order valence-electron chi connectivity index (χ1n) is 5.94. The predicted octanol–water partition coefficient (Wildman–Crippen LogP) is 2.74. The van der Waals surface area contributed by atoms with E-state index in [1.807, 2.05) is 0 Å². The quantitative estimate of drug-likeness (QED) is 0.803. The Morgan fingerprint density at radius 3 is 2.85 bits per heavy atom. The molecule has 2 rings (SSSR count). The lowest BCUT2D eigenvalue weighted by atomic mass is 10.0. The Hall–Kier alpha value is -2.05. The molecule has 108 valence electrons. The first-order chi connectivity index (χ1) is 9.43. The lowest BCUT2D eigenvalue weighted by molar-refractivity contribution is -0.146. The summed E-state index contributed by atoms with van der Waals surface area (Å²) in [6.07, 6.45) is -4.28. The summed E-state index contributed by atoms with van der Waals surface area (Å²) in [5.41, 5.74) is -0.566. The van der Waals surface area contributed by atoms with Crippen molar-refractivity contribution in [2.75, 3.05) is 6.61 Å². The third kappa shape index (κ3) is 2.92. The van der Waals surface area contributed by atoms with Gasteiger partial charge in [-0.2, -0.15) is 13.2 Å². The number of carbonyl (C=O) groups is 1. The summed E-state index contributed by atoms with van der Waals surface area (Å²) in [6.45, 7) is 1.80. The third-order valence-corrected chi connectivity index (χ3v) is 2.79. The topological polar surface area (TPSA) is 47.9 Å². The first kappa shape index (κ1) is 14.4. The van der Waals surface area contributed by atoms with Crippen molar-refractivity contribution in [3.05, 3.63) is 35.4 Å². The minimum Gasteiger partial charge on any atom is -0.473 e. The van der Waals surface area contributed by atoms with Gasteiger partial charge < -0.3 is 9.47 Å². The van der Waals surface area contributed by atoms with Crippen molar-refractivity contribution in [3.63, 3.8) is 0 Å². The molecule has 0 radical (unpaired) electrons. The molecule has 1 aromatic carbocycles. The summed E-state index contributed by atoms with van der Waals surface area (Å²) >= 11 is 0. The van der Waals surface area contributed by atoms with Crippen LogP contribution in [0.4, 0.5) is 13.2 Å². The largest absolute Gasteiger partial charge is 0.473 e. The summed E-state index contributed by atoms with van der Waals surface area (Å²) in [6, 6.07) is 3.66. The number of aliphatic imine (C=N–C) groups is 1. The van der Waals surface area contributed by atoms with Gasteiger partial charge in [-0.3, -0.25) is 0 Å². The molecule has 20 heavy (non-hydrogen) atoms. The molecule has 2 atom stereocenters. The maximum atomic E-state index is 12.7. The fraction of sp³-hybridized carbons (Fsp3) is 0.385. The number of carbonyl (C=O) groups excluding carboxylic acids is 1. The zero-order chi connectivity index (χ0) is 14.8. The van der Waals surface area contributed by atoms with Crippen LogP contribution in [-0.2, 0) is 20.4 Å². The smallest absolute Gasteiger partial charge is 0.416 e. The van der Waals surface area contributed by atoms with Gasteiger partial charge in [0.05, 0.1) is 12.2 Å². The average Bonchev–Trinajstić information content (AvgIpc) is 2.87. The molecule has 1 aliphatic rings. The van der Waals surface area contributed by atoms with Crippen LogP contribution >= 0.6 is 0 Å². The number of hydrogen-bond acceptors (Lipinski definition) is 4. The molecule has 0 aliphatic carbocycles. The van der Waals surface area contributed by atoms with Crippen LogP contribution in [0, 0.1) is 0 Å². The van der Waals surface area contributed by atoms with Gasteiger partial charge in [0.1, 0.15) is 0 Å². The van der Waals surface area contributed by atoms with E-state index in [-0.39, 0.29) is 12.2 Å². The van der Waals surface area contributed by atoms with E-state index in [1.165, 1.54) is 12.1 Å². The molecular formula is C13H12F3NO3. The van der Waals surface area contributed by atoms with Gasteiger partial charge in [0, 0.05) is 0 Å². The number of halogens is 3. The Morgan fingerprint density at radius 2 is 2.20 bits per heavy atom. The summed E-state index contributed by atoms with van der Waals surface area (Å²) in [4.78, 5) is 15.5. The first-order valence-corrected chi connectivity index (χ1v) is 5.94. The molecule has 0 spiro atoms. The minimum atomic E-state index is -4.45. The number of rotatable bonds is 3. The highest BCUT2D eigenvalue weighted by atomic mass is 19.4. The maximum Gasteiger partial charge on any atom is 0.416 e. The van der Waals surface area contributed by atoms with Crippen LogP contribution in [0.2, 0.25) is 0 Å². The van der Waals surface area contributed by atoms with E-state index in [9.17, 15) is 18.0 Å². The van der Waals surface area contributed by atoms with E-state index in [0.29, 0.717) is 0 Å². The highest BCUT2D eigenvalue weighted by Crippen LogP contribution is 2.34. The second kappa shape index (κ2) is 5.52. The molecule has 7 heteroatoms. The lowest BCUT2D eigenvalue weighted by Gasteiger charge is -2.17. The number of benzene rings is 1. The summed E-state index contributed by atoms with van der Waals surface area (Å²) in [5.74, 6) is -0.622. The highest BCUT2D eigenvalue weighted by molar-refractivity contribution is 5.80. The molecule has 0 aromatic heterocycles. The Labute approximate surface area is 113 Å². The van der Waals surface area contributed by atoms with Crippen LogP contribution in [0.5, 0.6) is 0 Å². The van der Waals surface area contributed by atoms with Gasteiger partial charge in [-0.15, -0.1) is 0 Å². The zero-order valence-electron chi connectivity index (χ0n) is 10.6. The fourth-order valence-corrected chi connectivity index (χ4v) is 1.88. The number of ether oxygens (including phenoxy) is 2. The number of nitrogens with zero attached hydrogens (tertiary/aromatic N) is 1. The molecule has 1 heterocycles. The van der Waals surface area contributed by atoms with Crippen LogP contribution in [0.3, 0.4) is 0 Å². The van der Waals surface area contributed by atoms with Crippen molar-refractivity contribution in [2.24, 2.45) is 4.99 Å². The molecule has 1 aliphatic heterocycles. The number of alkyl halides is 3. The third-order valence-electron chi connectivity index (χ3n) is 2.79. The van der Waals surface area contributed by atoms with E-state index in [0.717, 1.165) is 18.5 Å². The van der Waals surface area contributed by atoms with Gasteiger partial charge in [-0.05, 0) is 24.6 Å².